The highest BCUT2D eigenvalue weighted by atomic mass is 35.5. The average Bonchev–Trinajstić information content (AvgIpc) is 3.26. The van der Waals surface area contributed by atoms with E-state index in [-0.39, 0.29) is 11.9 Å². The SMILES string of the molecule is COC(=O)[C@@H]1[C@@H](NC(=O)OC(C)(C)C)[C@H]1C(=O)N[C@@H](C)c1ccc(Cl)cc1. The minimum absolute atomic E-state index is 0.282. The first kappa shape index (κ1) is 21.0. The van der Waals surface area contributed by atoms with Gasteiger partial charge in [-0.1, -0.05) is 23.7 Å². The van der Waals surface area contributed by atoms with Crippen molar-refractivity contribution in [2.45, 2.75) is 45.4 Å². The molecule has 1 aliphatic carbocycles. The lowest BCUT2D eigenvalue weighted by atomic mass is 10.1. The Kier molecular flexibility index (Phi) is 6.36. The zero-order valence-corrected chi connectivity index (χ0v) is 16.8. The summed E-state index contributed by atoms with van der Waals surface area (Å²) in [6.45, 7) is 7.02. The standard InChI is InChI=1S/C19H25ClN2O5/c1-10(11-6-8-12(20)9-7-11)21-16(23)13-14(17(24)26-5)15(13)22-18(25)27-19(2,3)4/h6-10,13-15H,1-5H3,(H,21,23)(H,22,25)/t10-,13-,14-,15-/m0/s1. The number of ether oxygens (including phenoxy) is 2. The quantitative estimate of drug-likeness (QED) is 0.746. The van der Waals surface area contributed by atoms with Crippen LogP contribution in [0.1, 0.15) is 39.3 Å². The van der Waals surface area contributed by atoms with Crippen LogP contribution in [0.15, 0.2) is 24.3 Å². The lowest BCUT2D eigenvalue weighted by Gasteiger charge is -2.19. The number of amides is 2. The van der Waals surface area contributed by atoms with Gasteiger partial charge in [0.25, 0.3) is 0 Å². The van der Waals surface area contributed by atoms with Crippen molar-refractivity contribution < 1.29 is 23.9 Å². The second-order valence-corrected chi connectivity index (χ2v) is 7.97. The minimum Gasteiger partial charge on any atom is -0.469 e. The van der Waals surface area contributed by atoms with E-state index in [0.29, 0.717) is 5.02 Å². The molecule has 0 unspecified atom stereocenters. The molecule has 7 nitrogen and oxygen atoms in total. The van der Waals surface area contributed by atoms with Gasteiger partial charge in [-0.15, -0.1) is 0 Å². The van der Waals surface area contributed by atoms with Crippen LogP contribution < -0.4 is 10.6 Å². The Labute approximate surface area is 163 Å². The monoisotopic (exact) mass is 396 g/mol. The van der Waals surface area contributed by atoms with Gasteiger partial charge in [0.15, 0.2) is 0 Å². The summed E-state index contributed by atoms with van der Waals surface area (Å²) in [4.78, 5) is 36.6. The molecule has 0 aromatic heterocycles. The zero-order valence-electron chi connectivity index (χ0n) is 16.0. The molecular formula is C19H25ClN2O5. The van der Waals surface area contributed by atoms with Crippen LogP contribution in [0.2, 0.25) is 5.02 Å². The van der Waals surface area contributed by atoms with Crippen molar-refractivity contribution in [3.8, 4) is 0 Å². The lowest BCUT2D eigenvalue weighted by molar-refractivity contribution is -0.143. The number of alkyl carbamates (subject to hydrolysis) is 1. The van der Waals surface area contributed by atoms with E-state index in [4.69, 9.17) is 21.1 Å². The summed E-state index contributed by atoms with van der Waals surface area (Å²) in [6.07, 6.45) is -0.678. The highest BCUT2D eigenvalue weighted by molar-refractivity contribution is 6.30. The summed E-state index contributed by atoms with van der Waals surface area (Å²) in [7, 11) is 1.25. The molecule has 0 bridgehead atoms. The van der Waals surface area contributed by atoms with Gasteiger partial charge < -0.3 is 20.1 Å². The Morgan fingerprint density at radius 1 is 1.11 bits per heavy atom. The Morgan fingerprint density at radius 2 is 1.70 bits per heavy atom. The molecule has 1 aromatic rings. The zero-order chi connectivity index (χ0) is 20.4. The molecule has 1 saturated carbocycles. The van der Waals surface area contributed by atoms with Crippen molar-refractivity contribution >= 4 is 29.6 Å². The second kappa shape index (κ2) is 8.17. The van der Waals surface area contributed by atoms with E-state index < -0.39 is 35.5 Å². The van der Waals surface area contributed by atoms with Gasteiger partial charge in [0, 0.05) is 5.02 Å². The van der Waals surface area contributed by atoms with E-state index in [0.717, 1.165) is 5.56 Å². The number of esters is 1. The van der Waals surface area contributed by atoms with Crippen molar-refractivity contribution in [1.82, 2.24) is 10.6 Å². The third-order valence-corrected chi connectivity index (χ3v) is 4.46. The summed E-state index contributed by atoms with van der Waals surface area (Å²) in [5.41, 5.74) is 0.195. The van der Waals surface area contributed by atoms with E-state index in [1.165, 1.54) is 7.11 Å². The molecule has 1 fully saturated rings. The number of nitrogens with one attached hydrogen (secondary N) is 2. The summed E-state index contributed by atoms with van der Waals surface area (Å²) < 4.78 is 9.94. The van der Waals surface area contributed by atoms with Crippen LogP contribution >= 0.6 is 11.6 Å². The van der Waals surface area contributed by atoms with Gasteiger partial charge in [-0.3, -0.25) is 9.59 Å². The smallest absolute Gasteiger partial charge is 0.407 e. The maximum atomic E-state index is 12.6. The number of benzene rings is 1. The van der Waals surface area contributed by atoms with E-state index in [1.807, 2.05) is 19.1 Å². The molecule has 4 atom stereocenters. The molecule has 1 aromatic carbocycles. The molecule has 148 valence electrons. The first-order valence-corrected chi connectivity index (χ1v) is 9.04. The Morgan fingerprint density at radius 3 is 2.22 bits per heavy atom. The predicted molar refractivity (Wildman–Crippen MR) is 100 cm³/mol. The lowest BCUT2D eigenvalue weighted by Crippen LogP contribution is -2.37. The van der Waals surface area contributed by atoms with Crippen LogP contribution in [-0.2, 0) is 19.1 Å². The van der Waals surface area contributed by atoms with Gasteiger partial charge in [-0.2, -0.15) is 0 Å². The highest BCUT2D eigenvalue weighted by Crippen LogP contribution is 2.41. The largest absolute Gasteiger partial charge is 0.469 e. The van der Waals surface area contributed by atoms with Gasteiger partial charge in [-0.05, 0) is 45.4 Å². The van der Waals surface area contributed by atoms with Gasteiger partial charge >= 0.3 is 12.1 Å². The Balaban J connectivity index is 2.02. The molecular weight excluding hydrogens is 372 g/mol. The molecule has 0 spiro atoms. The minimum atomic E-state index is -0.736. The number of methoxy groups -OCH3 is 1. The van der Waals surface area contributed by atoms with Crippen molar-refractivity contribution in [2.75, 3.05) is 7.11 Å². The number of hydrogen-bond donors (Lipinski definition) is 2. The Bertz CT molecular complexity index is 714. The second-order valence-electron chi connectivity index (χ2n) is 7.53. The van der Waals surface area contributed by atoms with E-state index in [9.17, 15) is 14.4 Å². The van der Waals surface area contributed by atoms with Gasteiger partial charge in [0.05, 0.1) is 31.0 Å². The molecule has 0 saturated heterocycles. The fourth-order valence-corrected chi connectivity index (χ4v) is 2.96. The molecule has 2 N–H and O–H groups in total. The van der Waals surface area contributed by atoms with Crippen LogP contribution in [-0.4, -0.2) is 36.7 Å². The summed E-state index contributed by atoms with van der Waals surface area (Å²) >= 11 is 5.87. The molecule has 27 heavy (non-hydrogen) atoms. The van der Waals surface area contributed by atoms with Crippen LogP contribution in [0.25, 0.3) is 0 Å². The molecule has 0 heterocycles. The maximum absolute atomic E-state index is 12.6. The molecule has 1 aliphatic rings. The van der Waals surface area contributed by atoms with Gasteiger partial charge in [0.1, 0.15) is 5.60 Å². The van der Waals surface area contributed by atoms with Gasteiger partial charge in [-0.25, -0.2) is 4.79 Å². The van der Waals surface area contributed by atoms with Crippen molar-refractivity contribution in [3.63, 3.8) is 0 Å². The fourth-order valence-electron chi connectivity index (χ4n) is 2.83. The molecule has 2 rings (SSSR count). The number of halogens is 1. The molecule has 0 radical (unpaired) electrons. The van der Waals surface area contributed by atoms with Crippen molar-refractivity contribution in [2.24, 2.45) is 11.8 Å². The first-order chi connectivity index (χ1) is 12.5. The van der Waals surface area contributed by atoms with Crippen molar-refractivity contribution in [1.29, 1.82) is 0 Å². The van der Waals surface area contributed by atoms with Crippen LogP contribution in [0.3, 0.4) is 0 Å². The number of hydrogen-bond acceptors (Lipinski definition) is 5. The molecule has 2 amide bonds. The molecule has 8 heteroatoms. The predicted octanol–water partition coefficient (Wildman–Crippen LogP) is 2.83. The Hall–Kier alpha value is -2.28. The number of carbonyl (C=O) groups excluding carboxylic acids is 3. The fraction of sp³-hybridized carbons (Fsp3) is 0.526. The first-order valence-electron chi connectivity index (χ1n) is 8.66. The average molecular weight is 397 g/mol. The third kappa shape index (κ3) is 5.60. The topological polar surface area (TPSA) is 93.7 Å². The molecule has 0 aliphatic heterocycles. The third-order valence-electron chi connectivity index (χ3n) is 4.21. The van der Waals surface area contributed by atoms with Crippen LogP contribution in [0, 0.1) is 11.8 Å². The summed E-state index contributed by atoms with van der Waals surface area (Å²) in [5.74, 6) is -2.33. The van der Waals surface area contributed by atoms with Crippen molar-refractivity contribution in [3.05, 3.63) is 34.9 Å². The number of rotatable bonds is 5. The highest BCUT2D eigenvalue weighted by Gasteiger charge is 2.61. The number of carbonyl (C=O) groups is 3. The van der Waals surface area contributed by atoms with E-state index in [2.05, 4.69) is 10.6 Å². The maximum Gasteiger partial charge on any atom is 0.407 e. The van der Waals surface area contributed by atoms with Crippen LogP contribution in [0.5, 0.6) is 0 Å². The van der Waals surface area contributed by atoms with E-state index >= 15 is 0 Å². The van der Waals surface area contributed by atoms with Gasteiger partial charge in [0.2, 0.25) is 5.91 Å². The van der Waals surface area contributed by atoms with Crippen LogP contribution in [0.4, 0.5) is 4.79 Å². The van der Waals surface area contributed by atoms with E-state index in [1.54, 1.807) is 32.9 Å². The normalized spacial score (nSPS) is 22.4. The summed E-state index contributed by atoms with van der Waals surface area (Å²) in [6, 6.07) is 6.16. The summed E-state index contributed by atoms with van der Waals surface area (Å²) in [5, 5.41) is 6.05.